The molecule has 18 heavy (non-hydrogen) atoms. The van der Waals surface area contributed by atoms with Crippen LogP contribution in [-0.2, 0) is 6.54 Å². The molecule has 1 unspecified atom stereocenters. The molecule has 1 aliphatic heterocycles. The number of hydrogen-bond donors (Lipinski definition) is 1. The zero-order valence-electron chi connectivity index (χ0n) is 10.6. The molecule has 0 saturated carbocycles. The molecule has 0 spiro atoms. The lowest BCUT2D eigenvalue weighted by Gasteiger charge is -2.27. The van der Waals surface area contributed by atoms with Gasteiger partial charge in [-0.25, -0.2) is 4.98 Å². The monoisotopic (exact) mass is 290 g/mol. The SMILES string of the molecule is CN(Cc1nccnc1Cl)CC1CCCNC1.Cl. The average Bonchev–Trinajstić information content (AvgIpc) is 2.33. The van der Waals surface area contributed by atoms with Crippen molar-refractivity contribution < 1.29 is 0 Å². The first-order chi connectivity index (χ1) is 8.25. The summed E-state index contributed by atoms with van der Waals surface area (Å²) in [5.74, 6) is 0.740. The Morgan fingerprint density at radius 2 is 2.22 bits per heavy atom. The molecule has 0 aliphatic carbocycles. The molecule has 1 aliphatic rings. The molecule has 1 aromatic heterocycles. The third-order valence-corrected chi connectivity index (χ3v) is 3.43. The van der Waals surface area contributed by atoms with Crippen LogP contribution in [0.1, 0.15) is 18.5 Å². The molecule has 102 valence electrons. The Hall–Kier alpha value is -0.420. The fourth-order valence-corrected chi connectivity index (χ4v) is 2.46. The predicted octanol–water partition coefficient (Wildman–Crippen LogP) is 1.98. The molecule has 4 nitrogen and oxygen atoms in total. The van der Waals surface area contributed by atoms with Crippen molar-refractivity contribution in [3.05, 3.63) is 23.2 Å². The Morgan fingerprint density at radius 1 is 1.44 bits per heavy atom. The van der Waals surface area contributed by atoms with Crippen LogP contribution in [0, 0.1) is 5.92 Å². The first-order valence-corrected chi connectivity index (χ1v) is 6.48. The number of halogens is 2. The quantitative estimate of drug-likeness (QED) is 0.921. The van der Waals surface area contributed by atoms with Crippen molar-refractivity contribution >= 4 is 24.0 Å². The number of rotatable bonds is 4. The average molecular weight is 291 g/mol. The molecular formula is C12H20Cl2N4. The molecule has 0 amide bonds. The largest absolute Gasteiger partial charge is 0.316 e. The summed E-state index contributed by atoms with van der Waals surface area (Å²) in [6, 6.07) is 0. The van der Waals surface area contributed by atoms with Gasteiger partial charge < -0.3 is 10.2 Å². The second-order valence-corrected chi connectivity index (χ2v) is 5.06. The third kappa shape index (κ3) is 4.69. The van der Waals surface area contributed by atoms with Crippen molar-refractivity contribution in [2.24, 2.45) is 5.92 Å². The Bertz CT molecular complexity index is 356. The van der Waals surface area contributed by atoms with Crippen molar-refractivity contribution in [3.8, 4) is 0 Å². The van der Waals surface area contributed by atoms with Gasteiger partial charge >= 0.3 is 0 Å². The van der Waals surface area contributed by atoms with Gasteiger partial charge in [-0.3, -0.25) is 4.98 Å². The second kappa shape index (κ2) is 7.89. The van der Waals surface area contributed by atoms with Gasteiger partial charge in [0.2, 0.25) is 0 Å². The minimum absolute atomic E-state index is 0. The van der Waals surface area contributed by atoms with Gasteiger partial charge in [-0.15, -0.1) is 12.4 Å². The maximum absolute atomic E-state index is 6.00. The molecule has 1 N–H and O–H groups in total. The fraction of sp³-hybridized carbons (Fsp3) is 0.667. The molecule has 1 fully saturated rings. The Kier molecular flexibility index (Phi) is 6.86. The van der Waals surface area contributed by atoms with Gasteiger partial charge in [0.1, 0.15) is 0 Å². The van der Waals surface area contributed by atoms with Gasteiger partial charge in [0.05, 0.1) is 5.69 Å². The van der Waals surface area contributed by atoms with Crippen LogP contribution in [-0.4, -0.2) is 41.5 Å². The fourth-order valence-electron chi connectivity index (χ4n) is 2.30. The molecule has 1 atom stereocenters. The van der Waals surface area contributed by atoms with Crippen LogP contribution in [0.4, 0.5) is 0 Å². The maximum Gasteiger partial charge on any atom is 0.151 e. The Balaban J connectivity index is 0.00000162. The van der Waals surface area contributed by atoms with Crippen molar-refractivity contribution in [3.63, 3.8) is 0 Å². The molecule has 0 aromatic carbocycles. The Morgan fingerprint density at radius 3 is 2.89 bits per heavy atom. The van der Waals surface area contributed by atoms with Crippen LogP contribution in [0.3, 0.4) is 0 Å². The van der Waals surface area contributed by atoms with Crippen molar-refractivity contribution in [1.29, 1.82) is 0 Å². The molecule has 0 bridgehead atoms. The van der Waals surface area contributed by atoms with E-state index in [1.165, 1.54) is 12.8 Å². The van der Waals surface area contributed by atoms with Crippen LogP contribution in [0.2, 0.25) is 5.15 Å². The van der Waals surface area contributed by atoms with E-state index < -0.39 is 0 Å². The summed E-state index contributed by atoms with van der Waals surface area (Å²) in [5, 5.41) is 3.95. The molecule has 1 aromatic rings. The summed E-state index contributed by atoms with van der Waals surface area (Å²) >= 11 is 6.00. The van der Waals surface area contributed by atoms with Crippen LogP contribution < -0.4 is 5.32 Å². The van der Waals surface area contributed by atoms with E-state index in [0.29, 0.717) is 5.15 Å². The van der Waals surface area contributed by atoms with Gasteiger partial charge in [0, 0.05) is 25.5 Å². The number of hydrogen-bond acceptors (Lipinski definition) is 4. The van der Waals surface area contributed by atoms with Crippen LogP contribution in [0.5, 0.6) is 0 Å². The lowest BCUT2D eigenvalue weighted by Crippen LogP contribution is -2.36. The lowest BCUT2D eigenvalue weighted by atomic mass is 9.99. The molecule has 2 heterocycles. The summed E-state index contributed by atoms with van der Waals surface area (Å²) in [5.41, 5.74) is 0.862. The summed E-state index contributed by atoms with van der Waals surface area (Å²) in [6.07, 6.45) is 5.91. The predicted molar refractivity (Wildman–Crippen MR) is 76.2 cm³/mol. The normalized spacial score (nSPS) is 19.6. The van der Waals surface area contributed by atoms with Crippen molar-refractivity contribution in [2.45, 2.75) is 19.4 Å². The van der Waals surface area contributed by atoms with E-state index in [9.17, 15) is 0 Å². The van der Waals surface area contributed by atoms with Gasteiger partial charge in [0.15, 0.2) is 5.15 Å². The first-order valence-electron chi connectivity index (χ1n) is 6.10. The van der Waals surface area contributed by atoms with Gasteiger partial charge in [-0.2, -0.15) is 0 Å². The highest BCUT2D eigenvalue weighted by atomic mass is 35.5. The molecule has 1 saturated heterocycles. The second-order valence-electron chi connectivity index (χ2n) is 4.70. The number of aromatic nitrogens is 2. The molecule has 2 rings (SSSR count). The summed E-state index contributed by atoms with van der Waals surface area (Å²) < 4.78 is 0. The maximum atomic E-state index is 6.00. The highest BCUT2D eigenvalue weighted by Crippen LogP contribution is 2.14. The van der Waals surface area contributed by atoms with E-state index in [4.69, 9.17) is 11.6 Å². The van der Waals surface area contributed by atoms with E-state index in [0.717, 1.165) is 37.8 Å². The minimum Gasteiger partial charge on any atom is -0.316 e. The van der Waals surface area contributed by atoms with E-state index in [2.05, 4.69) is 27.2 Å². The van der Waals surface area contributed by atoms with Gasteiger partial charge in [-0.1, -0.05) is 11.6 Å². The minimum atomic E-state index is 0. The zero-order valence-corrected chi connectivity index (χ0v) is 12.2. The molecular weight excluding hydrogens is 271 g/mol. The van der Waals surface area contributed by atoms with Crippen molar-refractivity contribution in [1.82, 2.24) is 20.2 Å². The van der Waals surface area contributed by atoms with Gasteiger partial charge in [0.25, 0.3) is 0 Å². The summed E-state index contributed by atoms with van der Waals surface area (Å²) in [7, 11) is 2.11. The summed E-state index contributed by atoms with van der Waals surface area (Å²) in [4.78, 5) is 10.6. The standard InChI is InChI=1S/C12H19ClN4.ClH/c1-17(8-10-3-2-4-14-7-10)9-11-12(13)16-6-5-15-11;/h5-6,10,14H,2-4,7-9H2,1H3;1H. The Labute approximate surface area is 120 Å². The van der Waals surface area contributed by atoms with E-state index >= 15 is 0 Å². The van der Waals surface area contributed by atoms with Crippen LogP contribution in [0.25, 0.3) is 0 Å². The number of nitrogens with zero attached hydrogens (tertiary/aromatic N) is 3. The lowest BCUT2D eigenvalue weighted by molar-refractivity contribution is 0.235. The van der Waals surface area contributed by atoms with E-state index in [-0.39, 0.29) is 12.4 Å². The van der Waals surface area contributed by atoms with E-state index in [1.54, 1.807) is 12.4 Å². The zero-order chi connectivity index (χ0) is 12.1. The first kappa shape index (κ1) is 15.6. The molecule has 0 radical (unpaired) electrons. The summed E-state index contributed by atoms with van der Waals surface area (Å²) in [6.45, 7) is 4.14. The van der Waals surface area contributed by atoms with Crippen LogP contribution in [0.15, 0.2) is 12.4 Å². The number of piperidine rings is 1. The van der Waals surface area contributed by atoms with E-state index in [1.807, 2.05) is 0 Å². The van der Waals surface area contributed by atoms with Gasteiger partial charge in [-0.05, 0) is 38.9 Å². The topological polar surface area (TPSA) is 41.1 Å². The van der Waals surface area contributed by atoms with Crippen LogP contribution >= 0.6 is 24.0 Å². The highest BCUT2D eigenvalue weighted by Gasteiger charge is 2.16. The third-order valence-electron chi connectivity index (χ3n) is 3.11. The van der Waals surface area contributed by atoms with Crippen molar-refractivity contribution in [2.75, 3.05) is 26.7 Å². The smallest absolute Gasteiger partial charge is 0.151 e. The number of nitrogens with one attached hydrogen (secondary N) is 1. The molecule has 6 heteroatoms. The highest BCUT2D eigenvalue weighted by molar-refractivity contribution is 6.29.